The smallest absolute Gasteiger partial charge is 0.326 e. The van der Waals surface area contributed by atoms with Crippen LogP contribution in [-0.4, -0.2) is 62.9 Å². The number of aliphatic carboxylic acids is 2. The number of hydrogen-bond acceptors (Lipinski definition) is 4. The first-order valence-electron chi connectivity index (χ1n) is 5.79. The molecule has 0 rings (SSSR count). The Bertz CT molecular complexity index is 350. The number of amides is 2. The number of hydrogen-bond donors (Lipinski definition) is 4. The Morgan fingerprint density at radius 1 is 1.26 bits per heavy atom. The van der Waals surface area contributed by atoms with E-state index in [-0.39, 0.29) is 13.1 Å². The highest BCUT2D eigenvalue weighted by Gasteiger charge is 2.27. The lowest BCUT2D eigenvalue weighted by Crippen LogP contribution is -2.51. The fourth-order valence-corrected chi connectivity index (χ4v) is 1.41. The van der Waals surface area contributed by atoms with Gasteiger partial charge in [0.15, 0.2) is 0 Å². The standard InChI is InChI=1S/C11H20N2O6/c1-4-13(6-11(2,3)19)10(18)12-7(9(16)17)5-8(14)15/h7,19H,4-6H2,1-3H3,(H,12,18)(H,14,15)(H,16,17). The van der Waals surface area contributed by atoms with Gasteiger partial charge in [0.05, 0.1) is 18.6 Å². The molecule has 0 spiro atoms. The van der Waals surface area contributed by atoms with Gasteiger partial charge in [-0.1, -0.05) is 0 Å². The van der Waals surface area contributed by atoms with E-state index in [2.05, 4.69) is 5.32 Å². The van der Waals surface area contributed by atoms with Gasteiger partial charge in [-0.15, -0.1) is 0 Å². The Labute approximate surface area is 111 Å². The van der Waals surface area contributed by atoms with Gasteiger partial charge < -0.3 is 25.5 Å². The molecule has 0 aliphatic carbocycles. The van der Waals surface area contributed by atoms with Crippen molar-refractivity contribution in [3.63, 3.8) is 0 Å². The number of carbonyl (C=O) groups excluding carboxylic acids is 1. The summed E-state index contributed by atoms with van der Waals surface area (Å²) in [6.07, 6.45) is -0.707. The Kier molecular flexibility index (Phi) is 6.26. The van der Waals surface area contributed by atoms with Crippen molar-refractivity contribution >= 4 is 18.0 Å². The number of carboxylic acid groups (broad SMARTS) is 2. The van der Waals surface area contributed by atoms with Gasteiger partial charge in [-0.25, -0.2) is 9.59 Å². The van der Waals surface area contributed by atoms with Crippen LogP contribution in [0.4, 0.5) is 4.79 Å². The van der Waals surface area contributed by atoms with Gasteiger partial charge in [0.1, 0.15) is 6.04 Å². The van der Waals surface area contributed by atoms with Gasteiger partial charge in [0, 0.05) is 6.54 Å². The largest absolute Gasteiger partial charge is 0.481 e. The highest BCUT2D eigenvalue weighted by Crippen LogP contribution is 2.05. The van der Waals surface area contributed by atoms with Crippen LogP contribution in [0.15, 0.2) is 0 Å². The summed E-state index contributed by atoms with van der Waals surface area (Å²) in [7, 11) is 0. The van der Waals surface area contributed by atoms with E-state index < -0.39 is 36.0 Å². The zero-order valence-electron chi connectivity index (χ0n) is 11.2. The van der Waals surface area contributed by atoms with Crippen molar-refractivity contribution in [2.75, 3.05) is 13.1 Å². The first-order chi connectivity index (χ1) is 8.56. The lowest BCUT2D eigenvalue weighted by Gasteiger charge is -2.29. The number of nitrogens with one attached hydrogen (secondary N) is 1. The van der Waals surface area contributed by atoms with Crippen LogP contribution >= 0.6 is 0 Å². The fourth-order valence-electron chi connectivity index (χ4n) is 1.41. The lowest BCUT2D eigenvalue weighted by molar-refractivity contribution is -0.145. The molecule has 0 aromatic carbocycles. The van der Waals surface area contributed by atoms with Crippen molar-refractivity contribution < 1.29 is 29.7 Å². The fraction of sp³-hybridized carbons (Fsp3) is 0.727. The molecule has 0 bridgehead atoms. The maximum absolute atomic E-state index is 11.8. The SMILES string of the molecule is CCN(CC(C)(C)O)C(=O)NC(CC(=O)O)C(=O)O. The maximum atomic E-state index is 11.8. The molecule has 1 atom stereocenters. The highest BCUT2D eigenvalue weighted by molar-refractivity contribution is 5.86. The van der Waals surface area contributed by atoms with E-state index in [1.165, 1.54) is 18.7 Å². The van der Waals surface area contributed by atoms with Crippen molar-refractivity contribution in [1.29, 1.82) is 0 Å². The predicted octanol–water partition coefficient (Wildman–Crippen LogP) is -0.283. The van der Waals surface area contributed by atoms with E-state index in [0.717, 1.165) is 0 Å². The molecule has 0 aliphatic heterocycles. The number of rotatable bonds is 7. The Balaban J connectivity index is 4.68. The van der Waals surface area contributed by atoms with Crippen LogP contribution in [0.2, 0.25) is 0 Å². The van der Waals surface area contributed by atoms with Gasteiger partial charge in [0.25, 0.3) is 0 Å². The molecule has 0 aromatic heterocycles. The number of likely N-dealkylation sites (N-methyl/N-ethyl adjacent to an activating group) is 1. The van der Waals surface area contributed by atoms with Gasteiger partial charge in [-0.05, 0) is 20.8 Å². The third-order valence-electron chi connectivity index (χ3n) is 2.22. The minimum atomic E-state index is -1.50. The summed E-state index contributed by atoms with van der Waals surface area (Å²) in [4.78, 5) is 34.3. The first-order valence-corrected chi connectivity index (χ1v) is 5.79. The monoisotopic (exact) mass is 276 g/mol. The van der Waals surface area contributed by atoms with Crippen LogP contribution in [-0.2, 0) is 9.59 Å². The molecule has 0 aromatic rings. The van der Waals surface area contributed by atoms with Gasteiger partial charge in [0.2, 0.25) is 0 Å². The molecule has 4 N–H and O–H groups in total. The Morgan fingerprint density at radius 3 is 2.11 bits per heavy atom. The summed E-state index contributed by atoms with van der Waals surface area (Å²) in [6.45, 7) is 4.95. The highest BCUT2D eigenvalue weighted by atomic mass is 16.4. The Hall–Kier alpha value is -1.83. The minimum Gasteiger partial charge on any atom is -0.481 e. The molecule has 1 unspecified atom stereocenters. The third kappa shape index (κ3) is 7.24. The lowest BCUT2D eigenvalue weighted by atomic mass is 10.1. The molecule has 8 nitrogen and oxygen atoms in total. The molecule has 110 valence electrons. The average molecular weight is 276 g/mol. The summed E-state index contributed by atoms with van der Waals surface area (Å²) >= 11 is 0. The van der Waals surface area contributed by atoms with E-state index in [9.17, 15) is 19.5 Å². The second-order valence-electron chi connectivity index (χ2n) is 4.76. The molecule has 0 saturated carbocycles. The Morgan fingerprint density at radius 2 is 1.79 bits per heavy atom. The topological polar surface area (TPSA) is 127 Å². The van der Waals surface area contributed by atoms with Crippen LogP contribution in [0.1, 0.15) is 27.2 Å². The van der Waals surface area contributed by atoms with Crippen LogP contribution < -0.4 is 5.32 Å². The average Bonchev–Trinajstić information content (AvgIpc) is 2.22. The molecule has 2 amide bonds. The number of carboxylic acids is 2. The van der Waals surface area contributed by atoms with Gasteiger partial charge >= 0.3 is 18.0 Å². The molecule has 0 saturated heterocycles. The van der Waals surface area contributed by atoms with Crippen LogP contribution in [0, 0.1) is 0 Å². The quantitative estimate of drug-likeness (QED) is 0.506. The second kappa shape index (κ2) is 6.93. The minimum absolute atomic E-state index is 0.00867. The van der Waals surface area contributed by atoms with E-state index in [1.54, 1.807) is 6.92 Å². The molecule has 19 heavy (non-hydrogen) atoms. The van der Waals surface area contributed by atoms with Crippen molar-refractivity contribution in [2.24, 2.45) is 0 Å². The summed E-state index contributed by atoms with van der Waals surface area (Å²) in [5.74, 6) is -2.74. The molecular formula is C11H20N2O6. The zero-order valence-corrected chi connectivity index (χ0v) is 11.2. The normalized spacial score (nSPS) is 12.6. The van der Waals surface area contributed by atoms with Gasteiger partial charge in [-0.2, -0.15) is 0 Å². The summed E-state index contributed by atoms with van der Waals surface area (Å²) in [5.41, 5.74) is -1.13. The van der Waals surface area contributed by atoms with Crippen molar-refractivity contribution in [2.45, 2.75) is 38.8 Å². The number of carbonyl (C=O) groups is 3. The van der Waals surface area contributed by atoms with E-state index >= 15 is 0 Å². The second-order valence-corrected chi connectivity index (χ2v) is 4.76. The van der Waals surface area contributed by atoms with Gasteiger partial charge in [-0.3, -0.25) is 4.79 Å². The summed E-state index contributed by atoms with van der Waals surface area (Å²) in [6, 6.07) is -2.22. The molecule has 0 heterocycles. The van der Waals surface area contributed by atoms with E-state index in [0.29, 0.717) is 0 Å². The summed E-state index contributed by atoms with van der Waals surface area (Å²) in [5, 5.41) is 29.1. The van der Waals surface area contributed by atoms with Crippen molar-refractivity contribution in [3.8, 4) is 0 Å². The number of aliphatic hydroxyl groups is 1. The molecule has 0 aliphatic rings. The number of nitrogens with zero attached hydrogens (tertiary/aromatic N) is 1. The first kappa shape index (κ1) is 17.2. The van der Waals surface area contributed by atoms with Crippen LogP contribution in [0.25, 0.3) is 0 Å². The van der Waals surface area contributed by atoms with Crippen LogP contribution in [0.5, 0.6) is 0 Å². The van der Waals surface area contributed by atoms with Crippen molar-refractivity contribution in [1.82, 2.24) is 10.2 Å². The van der Waals surface area contributed by atoms with E-state index in [4.69, 9.17) is 10.2 Å². The molecule has 0 radical (unpaired) electrons. The maximum Gasteiger partial charge on any atom is 0.326 e. The van der Waals surface area contributed by atoms with Crippen molar-refractivity contribution in [3.05, 3.63) is 0 Å². The predicted molar refractivity (Wildman–Crippen MR) is 65.8 cm³/mol. The molecular weight excluding hydrogens is 256 g/mol. The third-order valence-corrected chi connectivity index (χ3v) is 2.22. The molecule has 8 heteroatoms. The zero-order chi connectivity index (χ0) is 15.2. The van der Waals surface area contributed by atoms with E-state index in [1.807, 2.05) is 0 Å². The summed E-state index contributed by atoms with van der Waals surface area (Å²) < 4.78 is 0. The molecule has 0 fully saturated rings. The number of urea groups is 1. The van der Waals surface area contributed by atoms with Crippen LogP contribution in [0.3, 0.4) is 0 Å².